The van der Waals surface area contributed by atoms with E-state index in [0.717, 1.165) is 6.07 Å². The highest BCUT2D eigenvalue weighted by Crippen LogP contribution is 2.23. The van der Waals surface area contributed by atoms with Crippen molar-refractivity contribution in [2.45, 2.75) is 25.0 Å². The second kappa shape index (κ2) is 7.68. The van der Waals surface area contributed by atoms with Crippen LogP contribution in [-0.2, 0) is 4.74 Å². The number of nitrogens with zero attached hydrogens (tertiary/aromatic N) is 1. The molecule has 1 saturated heterocycles. The van der Waals surface area contributed by atoms with Gasteiger partial charge in [0.05, 0.1) is 11.7 Å². The van der Waals surface area contributed by atoms with Gasteiger partial charge in [-0.1, -0.05) is 6.07 Å². The standard InChI is InChI=1S/C14H18F2N2O2.ClH/c1-20-10-5-6-18(9(7-10)8-17)14(19)11-3-2-4-12(15)13(11)16;/h2-4,9-10H,5-8,17H2,1H3;1H. The summed E-state index contributed by atoms with van der Waals surface area (Å²) in [5, 5.41) is 0. The van der Waals surface area contributed by atoms with Crippen LogP contribution in [0.25, 0.3) is 0 Å². The summed E-state index contributed by atoms with van der Waals surface area (Å²) < 4.78 is 32.2. The van der Waals surface area contributed by atoms with E-state index >= 15 is 0 Å². The summed E-state index contributed by atoms with van der Waals surface area (Å²) in [5.41, 5.74) is 5.43. The largest absolute Gasteiger partial charge is 0.381 e. The van der Waals surface area contributed by atoms with Crippen molar-refractivity contribution < 1.29 is 18.3 Å². The number of hydrogen-bond acceptors (Lipinski definition) is 3. The van der Waals surface area contributed by atoms with Gasteiger partial charge < -0.3 is 15.4 Å². The van der Waals surface area contributed by atoms with Gasteiger partial charge in [0.2, 0.25) is 0 Å². The minimum atomic E-state index is -1.11. The molecule has 21 heavy (non-hydrogen) atoms. The molecule has 2 unspecified atom stereocenters. The molecule has 7 heteroatoms. The molecule has 2 rings (SSSR count). The first-order valence-electron chi connectivity index (χ1n) is 6.56. The zero-order chi connectivity index (χ0) is 14.7. The number of likely N-dealkylation sites (tertiary alicyclic amines) is 1. The first-order valence-corrected chi connectivity index (χ1v) is 6.56. The van der Waals surface area contributed by atoms with E-state index < -0.39 is 17.5 Å². The number of ether oxygens (including phenoxy) is 1. The first kappa shape index (κ1) is 17.8. The Hall–Kier alpha value is -1.24. The molecule has 1 fully saturated rings. The molecule has 2 N–H and O–H groups in total. The molecule has 1 heterocycles. The van der Waals surface area contributed by atoms with Crippen LogP contribution in [0.5, 0.6) is 0 Å². The topological polar surface area (TPSA) is 55.6 Å². The van der Waals surface area contributed by atoms with Gasteiger partial charge >= 0.3 is 0 Å². The summed E-state index contributed by atoms with van der Waals surface area (Å²) in [6.07, 6.45) is 1.32. The average Bonchev–Trinajstić information content (AvgIpc) is 2.48. The summed E-state index contributed by atoms with van der Waals surface area (Å²) in [6, 6.07) is 3.38. The molecular weight excluding hydrogens is 302 g/mol. The van der Waals surface area contributed by atoms with Crippen LogP contribution in [0, 0.1) is 11.6 Å². The van der Waals surface area contributed by atoms with Crippen molar-refractivity contribution in [1.82, 2.24) is 4.90 Å². The minimum absolute atomic E-state index is 0. The number of methoxy groups -OCH3 is 1. The van der Waals surface area contributed by atoms with Crippen LogP contribution in [0.2, 0.25) is 0 Å². The third kappa shape index (κ3) is 3.70. The normalized spacial score (nSPS) is 21.8. The highest BCUT2D eigenvalue weighted by molar-refractivity contribution is 5.94. The lowest BCUT2D eigenvalue weighted by Gasteiger charge is -2.38. The lowest BCUT2D eigenvalue weighted by atomic mass is 9.98. The molecule has 1 aliphatic heterocycles. The number of carbonyl (C=O) groups is 1. The van der Waals surface area contributed by atoms with Gasteiger partial charge in [0.1, 0.15) is 0 Å². The van der Waals surface area contributed by atoms with E-state index in [4.69, 9.17) is 10.5 Å². The Kier molecular flexibility index (Phi) is 6.51. The summed E-state index contributed by atoms with van der Waals surface area (Å²) in [4.78, 5) is 13.9. The number of rotatable bonds is 3. The van der Waals surface area contributed by atoms with Gasteiger partial charge in [-0.3, -0.25) is 4.79 Å². The van der Waals surface area contributed by atoms with Crippen LogP contribution in [0.15, 0.2) is 18.2 Å². The van der Waals surface area contributed by atoms with Gasteiger partial charge in [-0.15, -0.1) is 12.4 Å². The number of nitrogens with two attached hydrogens (primary N) is 1. The average molecular weight is 321 g/mol. The molecule has 0 bridgehead atoms. The number of carbonyl (C=O) groups excluding carboxylic acids is 1. The fraction of sp³-hybridized carbons (Fsp3) is 0.500. The van der Waals surface area contributed by atoms with Crippen molar-refractivity contribution in [1.29, 1.82) is 0 Å². The molecule has 0 aliphatic carbocycles. The van der Waals surface area contributed by atoms with Crippen molar-refractivity contribution in [3.05, 3.63) is 35.4 Å². The Morgan fingerprint density at radius 3 is 2.81 bits per heavy atom. The SMILES string of the molecule is COC1CCN(C(=O)c2cccc(F)c2F)C(CN)C1.Cl. The summed E-state index contributed by atoms with van der Waals surface area (Å²) >= 11 is 0. The van der Waals surface area contributed by atoms with Crippen LogP contribution >= 0.6 is 12.4 Å². The lowest BCUT2D eigenvalue weighted by molar-refractivity contribution is 0.0136. The molecule has 1 amide bonds. The monoisotopic (exact) mass is 320 g/mol. The Balaban J connectivity index is 0.00000220. The fourth-order valence-electron chi connectivity index (χ4n) is 2.54. The van der Waals surface area contributed by atoms with Gasteiger partial charge in [0.15, 0.2) is 11.6 Å². The number of hydrogen-bond donors (Lipinski definition) is 1. The van der Waals surface area contributed by atoms with Crippen molar-refractivity contribution >= 4 is 18.3 Å². The van der Waals surface area contributed by atoms with Gasteiger partial charge in [-0.25, -0.2) is 8.78 Å². The molecule has 0 aromatic heterocycles. The van der Waals surface area contributed by atoms with E-state index in [9.17, 15) is 13.6 Å². The molecule has 0 spiro atoms. The van der Waals surface area contributed by atoms with E-state index in [-0.39, 0.29) is 36.7 Å². The predicted molar refractivity (Wildman–Crippen MR) is 77.5 cm³/mol. The maximum Gasteiger partial charge on any atom is 0.257 e. The predicted octanol–water partition coefficient (Wildman–Crippen LogP) is 1.96. The van der Waals surface area contributed by atoms with Crippen molar-refractivity contribution in [3.8, 4) is 0 Å². The second-order valence-corrected chi connectivity index (χ2v) is 4.87. The summed E-state index contributed by atoms with van der Waals surface area (Å²) in [7, 11) is 1.61. The van der Waals surface area contributed by atoms with E-state index in [0.29, 0.717) is 19.4 Å². The third-order valence-corrected chi connectivity index (χ3v) is 3.72. The molecule has 0 saturated carbocycles. The molecular formula is C14H19ClF2N2O2. The quantitative estimate of drug-likeness (QED) is 0.926. The molecule has 1 aromatic rings. The van der Waals surface area contributed by atoms with Crippen molar-refractivity contribution in [2.75, 3.05) is 20.2 Å². The smallest absolute Gasteiger partial charge is 0.257 e. The number of amides is 1. The van der Waals surface area contributed by atoms with Gasteiger partial charge in [0, 0.05) is 26.2 Å². The fourth-order valence-corrected chi connectivity index (χ4v) is 2.54. The zero-order valence-electron chi connectivity index (χ0n) is 11.7. The molecule has 1 aliphatic rings. The summed E-state index contributed by atoms with van der Waals surface area (Å²) in [6.45, 7) is 0.692. The molecule has 118 valence electrons. The van der Waals surface area contributed by atoms with Crippen molar-refractivity contribution in [3.63, 3.8) is 0 Å². The molecule has 2 atom stereocenters. The minimum Gasteiger partial charge on any atom is -0.381 e. The van der Waals surface area contributed by atoms with E-state index in [1.54, 1.807) is 7.11 Å². The molecule has 1 aromatic carbocycles. The summed E-state index contributed by atoms with van der Waals surface area (Å²) in [5.74, 6) is -2.65. The van der Waals surface area contributed by atoms with Crippen LogP contribution in [0.3, 0.4) is 0 Å². The van der Waals surface area contributed by atoms with Crippen molar-refractivity contribution in [2.24, 2.45) is 5.73 Å². The first-order chi connectivity index (χ1) is 9.58. The Bertz CT molecular complexity index is 502. The Morgan fingerprint density at radius 1 is 1.48 bits per heavy atom. The number of piperidine rings is 1. The Labute approximate surface area is 128 Å². The van der Waals surface area contributed by atoms with Crippen LogP contribution in [0.1, 0.15) is 23.2 Å². The van der Waals surface area contributed by atoms with Gasteiger partial charge in [-0.2, -0.15) is 0 Å². The highest BCUT2D eigenvalue weighted by atomic mass is 35.5. The number of benzene rings is 1. The van der Waals surface area contributed by atoms with Gasteiger partial charge in [0.25, 0.3) is 5.91 Å². The van der Waals surface area contributed by atoms with E-state index in [1.165, 1.54) is 17.0 Å². The van der Waals surface area contributed by atoms with E-state index in [2.05, 4.69) is 0 Å². The zero-order valence-corrected chi connectivity index (χ0v) is 12.5. The van der Waals surface area contributed by atoms with E-state index in [1.807, 2.05) is 0 Å². The Morgan fingerprint density at radius 2 is 2.19 bits per heavy atom. The molecule has 0 radical (unpaired) electrons. The van der Waals surface area contributed by atoms with Crippen LogP contribution in [-0.4, -0.2) is 43.2 Å². The lowest BCUT2D eigenvalue weighted by Crippen LogP contribution is -2.51. The molecule has 4 nitrogen and oxygen atoms in total. The van der Waals surface area contributed by atoms with Gasteiger partial charge in [-0.05, 0) is 25.0 Å². The third-order valence-electron chi connectivity index (χ3n) is 3.72. The highest BCUT2D eigenvalue weighted by Gasteiger charge is 2.32. The number of halogens is 3. The maximum absolute atomic E-state index is 13.7. The van der Waals surface area contributed by atoms with Crippen LogP contribution in [0.4, 0.5) is 8.78 Å². The second-order valence-electron chi connectivity index (χ2n) is 4.87. The van der Waals surface area contributed by atoms with Crippen LogP contribution < -0.4 is 5.73 Å². The maximum atomic E-state index is 13.7.